The van der Waals surface area contributed by atoms with Crippen LogP contribution in [0.2, 0.25) is 0 Å². The van der Waals surface area contributed by atoms with E-state index in [0.717, 1.165) is 18.4 Å². The van der Waals surface area contributed by atoms with Gasteiger partial charge in [-0.05, 0) is 25.3 Å². The third-order valence-corrected chi connectivity index (χ3v) is 1.49. The van der Waals surface area contributed by atoms with Gasteiger partial charge in [-0.15, -0.1) is 6.58 Å². The summed E-state index contributed by atoms with van der Waals surface area (Å²) in [5.74, 6) is -0.257. The van der Waals surface area contributed by atoms with Crippen molar-refractivity contribution in [2.45, 2.75) is 32.8 Å². The molecular formula is C10H16O2. The van der Waals surface area contributed by atoms with Gasteiger partial charge in [0.1, 0.15) is 6.10 Å². The molecule has 0 aromatic carbocycles. The molecule has 0 N–H and O–H groups in total. The van der Waals surface area contributed by atoms with Gasteiger partial charge in [0.2, 0.25) is 0 Å². The molecule has 0 bridgehead atoms. The lowest BCUT2D eigenvalue weighted by atomic mass is 10.1. The summed E-state index contributed by atoms with van der Waals surface area (Å²) >= 11 is 0. The van der Waals surface area contributed by atoms with E-state index in [9.17, 15) is 4.79 Å². The Morgan fingerprint density at radius 2 is 2.17 bits per heavy atom. The first kappa shape index (κ1) is 11.0. The van der Waals surface area contributed by atoms with Gasteiger partial charge in [-0.25, -0.2) is 0 Å². The SMILES string of the molecule is C=CCCC(OC(C)=O)C(=C)C. The van der Waals surface area contributed by atoms with E-state index in [1.807, 2.05) is 6.92 Å². The minimum atomic E-state index is -0.257. The molecule has 0 rings (SSSR count). The summed E-state index contributed by atoms with van der Waals surface area (Å²) in [5.41, 5.74) is 0.882. The summed E-state index contributed by atoms with van der Waals surface area (Å²) < 4.78 is 5.03. The number of carbonyl (C=O) groups is 1. The molecular weight excluding hydrogens is 152 g/mol. The van der Waals surface area contributed by atoms with E-state index in [1.165, 1.54) is 6.92 Å². The fourth-order valence-corrected chi connectivity index (χ4v) is 0.875. The van der Waals surface area contributed by atoms with Crippen molar-refractivity contribution in [3.05, 3.63) is 24.8 Å². The summed E-state index contributed by atoms with van der Waals surface area (Å²) in [6.07, 6.45) is 3.27. The van der Waals surface area contributed by atoms with Crippen molar-refractivity contribution in [2.75, 3.05) is 0 Å². The average Bonchev–Trinajstić information content (AvgIpc) is 1.96. The summed E-state index contributed by atoms with van der Waals surface area (Å²) in [6.45, 7) is 10.6. The molecule has 0 aromatic heterocycles. The minimum Gasteiger partial charge on any atom is -0.458 e. The van der Waals surface area contributed by atoms with E-state index in [2.05, 4.69) is 13.2 Å². The van der Waals surface area contributed by atoms with E-state index in [1.54, 1.807) is 6.08 Å². The maximum atomic E-state index is 10.6. The van der Waals surface area contributed by atoms with Crippen molar-refractivity contribution in [1.82, 2.24) is 0 Å². The van der Waals surface area contributed by atoms with Gasteiger partial charge in [-0.3, -0.25) is 4.79 Å². The van der Waals surface area contributed by atoms with Gasteiger partial charge in [0, 0.05) is 6.92 Å². The number of rotatable bonds is 5. The highest BCUT2D eigenvalue weighted by Gasteiger charge is 2.10. The van der Waals surface area contributed by atoms with Crippen LogP contribution >= 0.6 is 0 Å². The van der Waals surface area contributed by atoms with Gasteiger partial charge in [-0.2, -0.15) is 0 Å². The molecule has 1 atom stereocenters. The molecule has 1 unspecified atom stereocenters. The van der Waals surface area contributed by atoms with Crippen LogP contribution in [0.1, 0.15) is 26.7 Å². The lowest BCUT2D eigenvalue weighted by Gasteiger charge is -2.15. The average molecular weight is 168 g/mol. The first-order valence-electron chi connectivity index (χ1n) is 4.01. The second-order valence-electron chi connectivity index (χ2n) is 2.81. The molecule has 0 aromatic rings. The topological polar surface area (TPSA) is 26.3 Å². The van der Waals surface area contributed by atoms with Gasteiger partial charge in [0.15, 0.2) is 0 Å². The normalized spacial score (nSPS) is 11.8. The lowest BCUT2D eigenvalue weighted by molar-refractivity contribution is -0.144. The quantitative estimate of drug-likeness (QED) is 0.465. The monoisotopic (exact) mass is 168 g/mol. The highest BCUT2D eigenvalue weighted by atomic mass is 16.5. The van der Waals surface area contributed by atoms with Gasteiger partial charge < -0.3 is 4.74 Å². The number of allylic oxidation sites excluding steroid dienone is 1. The highest BCUT2D eigenvalue weighted by Crippen LogP contribution is 2.11. The van der Waals surface area contributed by atoms with Crippen molar-refractivity contribution < 1.29 is 9.53 Å². The third-order valence-electron chi connectivity index (χ3n) is 1.49. The van der Waals surface area contributed by atoms with Crippen molar-refractivity contribution in [1.29, 1.82) is 0 Å². The van der Waals surface area contributed by atoms with Crippen LogP contribution in [0.3, 0.4) is 0 Å². The molecule has 0 saturated carbocycles. The Morgan fingerprint density at radius 1 is 1.58 bits per heavy atom. The maximum absolute atomic E-state index is 10.6. The molecule has 2 nitrogen and oxygen atoms in total. The summed E-state index contributed by atoms with van der Waals surface area (Å²) in [5, 5.41) is 0. The maximum Gasteiger partial charge on any atom is 0.303 e. The molecule has 0 aliphatic heterocycles. The van der Waals surface area contributed by atoms with E-state index in [-0.39, 0.29) is 12.1 Å². The standard InChI is InChI=1S/C10H16O2/c1-5-6-7-10(8(2)3)12-9(4)11/h5,10H,1-2,6-7H2,3-4H3. The summed E-state index contributed by atoms with van der Waals surface area (Å²) in [6, 6.07) is 0. The van der Waals surface area contributed by atoms with E-state index in [4.69, 9.17) is 4.74 Å². The van der Waals surface area contributed by atoms with Crippen LogP contribution in [0.25, 0.3) is 0 Å². The molecule has 0 aliphatic rings. The zero-order valence-corrected chi connectivity index (χ0v) is 7.80. The predicted octanol–water partition coefficient (Wildman–Crippen LogP) is 2.46. The fourth-order valence-electron chi connectivity index (χ4n) is 0.875. The van der Waals surface area contributed by atoms with Crippen molar-refractivity contribution in [3.63, 3.8) is 0 Å². The third kappa shape index (κ3) is 4.72. The zero-order chi connectivity index (χ0) is 9.56. The molecule has 0 saturated heterocycles. The Balaban J connectivity index is 3.94. The molecule has 0 spiro atoms. The Labute approximate surface area is 73.9 Å². The predicted molar refractivity (Wildman–Crippen MR) is 49.8 cm³/mol. The van der Waals surface area contributed by atoms with Gasteiger partial charge in [0.25, 0.3) is 0 Å². The van der Waals surface area contributed by atoms with E-state index < -0.39 is 0 Å². The second kappa shape index (κ2) is 5.58. The first-order chi connectivity index (χ1) is 5.57. The van der Waals surface area contributed by atoms with Crippen LogP contribution in [0.5, 0.6) is 0 Å². The smallest absolute Gasteiger partial charge is 0.303 e. The second-order valence-corrected chi connectivity index (χ2v) is 2.81. The largest absolute Gasteiger partial charge is 0.458 e. The molecule has 12 heavy (non-hydrogen) atoms. The van der Waals surface area contributed by atoms with Gasteiger partial charge in [0.05, 0.1) is 0 Å². The van der Waals surface area contributed by atoms with Crippen molar-refractivity contribution >= 4 is 5.97 Å². The Bertz CT molecular complexity index is 182. The van der Waals surface area contributed by atoms with Gasteiger partial charge >= 0.3 is 5.97 Å². The molecule has 68 valence electrons. The van der Waals surface area contributed by atoms with E-state index >= 15 is 0 Å². The van der Waals surface area contributed by atoms with Crippen LogP contribution in [0, 0.1) is 0 Å². The lowest BCUT2D eigenvalue weighted by Crippen LogP contribution is -2.16. The molecule has 0 radical (unpaired) electrons. The van der Waals surface area contributed by atoms with Crippen LogP contribution in [0.15, 0.2) is 24.8 Å². The Hall–Kier alpha value is -1.05. The van der Waals surface area contributed by atoms with Gasteiger partial charge in [-0.1, -0.05) is 12.7 Å². The number of esters is 1. The van der Waals surface area contributed by atoms with E-state index in [0.29, 0.717) is 0 Å². The van der Waals surface area contributed by atoms with Crippen LogP contribution in [0.4, 0.5) is 0 Å². The summed E-state index contributed by atoms with van der Waals surface area (Å²) in [4.78, 5) is 10.6. The molecule has 0 heterocycles. The number of hydrogen-bond acceptors (Lipinski definition) is 2. The number of hydrogen-bond donors (Lipinski definition) is 0. The minimum absolute atomic E-state index is 0.152. The zero-order valence-electron chi connectivity index (χ0n) is 7.80. The Morgan fingerprint density at radius 3 is 2.50 bits per heavy atom. The fraction of sp³-hybridized carbons (Fsp3) is 0.500. The number of ether oxygens (including phenoxy) is 1. The van der Waals surface area contributed by atoms with Crippen LogP contribution in [-0.4, -0.2) is 12.1 Å². The van der Waals surface area contributed by atoms with Crippen molar-refractivity contribution in [3.8, 4) is 0 Å². The Kier molecular flexibility index (Phi) is 5.09. The van der Waals surface area contributed by atoms with Crippen molar-refractivity contribution in [2.24, 2.45) is 0 Å². The molecule has 0 amide bonds. The molecule has 2 heteroatoms. The highest BCUT2D eigenvalue weighted by molar-refractivity contribution is 5.66. The molecule has 0 fully saturated rings. The first-order valence-corrected chi connectivity index (χ1v) is 4.01. The van der Waals surface area contributed by atoms with Crippen LogP contribution < -0.4 is 0 Å². The number of carbonyl (C=O) groups excluding carboxylic acids is 1. The summed E-state index contributed by atoms with van der Waals surface area (Å²) in [7, 11) is 0. The molecule has 0 aliphatic carbocycles. The van der Waals surface area contributed by atoms with Crippen LogP contribution in [-0.2, 0) is 9.53 Å².